The van der Waals surface area contributed by atoms with Gasteiger partial charge in [-0.1, -0.05) is 0 Å². The molecule has 0 spiro atoms. The summed E-state index contributed by atoms with van der Waals surface area (Å²) in [5, 5.41) is -1.47. The van der Waals surface area contributed by atoms with E-state index in [1.54, 1.807) is 12.1 Å². The molecule has 0 heterocycles. The van der Waals surface area contributed by atoms with Crippen molar-refractivity contribution in [1.82, 2.24) is 5.43 Å². The normalized spacial score (nSPS) is 13.3. The molecule has 0 saturated heterocycles. The van der Waals surface area contributed by atoms with Gasteiger partial charge in [0.05, 0.1) is 0 Å². The Kier molecular flexibility index (Phi) is 5.94. The first-order chi connectivity index (χ1) is 13.7. The van der Waals surface area contributed by atoms with Crippen LogP contribution in [0.3, 0.4) is 0 Å². The average Bonchev–Trinajstić information content (AvgIpc) is 2.74. The number of hydrazine groups is 1. The zero-order chi connectivity index (χ0) is 21.1. The van der Waals surface area contributed by atoms with E-state index in [0.29, 0.717) is 5.30 Å². The van der Waals surface area contributed by atoms with Gasteiger partial charge in [-0.25, -0.2) is 0 Å². The number of amides is 1. The average molecular weight is 495 g/mol. The van der Waals surface area contributed by atoms with E-state index in [9.17, 15) is 17.8 Å². The summed E-state index contributed by atoms with van der Waals surface area (Å²) in [6.45, 7) is 0. The standard InChI is InChI=1S/C20H20BrN2O4PS/c21-28(15-20(24)23-22,16-8-3-1-4-9-16,17-10-5-2-6-11-17)18-12-7-13-19(14-18)29(25,26)27/h1-14H,15,22H2,(H,23,24)(H,25,26,27). The van der Waals surface area contributed by atoms with Gasteiger partial charge in [0.25, 0.3) is 0 Å². The van der Waals surface area contributed by atoms with Crippen LogP contribution in [0.15, 0.2) is 89.8 Å². The molecule has 152 valence electrons. The molecular weight excluding hydrogens is 475 g/mol. The van der Waals surface area contributed by atoms with Gasteiger partial charge in [0.2, 0.25) is 0 Å². The molecule has 0 fully saturated rings. The minimum absolute atomic E-state index is 0.0367. The first-order valence-corrected chi connectivity index (χ1v) is 14.5. The zero-order valence-electron chi connectivity index (χ0n) is 15.3. The second-order valence-corrected chi connectivity index (χ2v) is 16.9. The van der Waals surface area contributed by atoms with Crippen molar-refractivity contribution in [1.29, 1.82) is 0 Å². The quantitative estimate of drug-likeness (QED) is 0.160. The molecule has 0 aliphatic carbocycles. The van der Waals surface area contributed by atoms with Crippen molar-refractivity contribution >= 4 is 52.7 Å². The molecule has 9 heteroatoms. The van der Waals surface area contributed by atoms with Crippen LogP contribution >= 0.6 is 20.8 Å². The van der Waals surface area contributed by atoms with Gasteiger partial charge >= 0.3 is 178 Å². The van der Waals surface area contributed by atoms with Crippen LogP contribution in [0.4, 0.5) is 0 Å². The number of nitrogens with one attached hydrogen (secondary N) is 1. The van der Waals surface area contributed by atoms with Crippen LogP contribution < -0.4 is 27.2 Å². The predicted molar refractivity (Wildman–Crippen MR) is 121 cm³/mol. The first-order valence-electron chi connectivity index (χ1n) is 8.62. The molecule has 3 aromatic carbocycles. The van der Waals surface area contributed by atoms with E-state index >= 15 is 0 Å². The summed E-state index contributed by atoms with van der Waals surface area (Å²) in [7, 11) is -4.44. The molecule has 4 N–H and O–H groups in total. The van der Waals surface area contributed by atoms with E-state index in [4.69, 9.17) is 5.84 Å². The summed E-state index contributed by atoms with van der Waals surface area (Å²) in [5.41, 5.74) is 2.20. The number of nitrogens with two attached hydrogens (primary N) is 1. The topological polar surface area (TPSA) is 109 Å². The van der Waals surface area contributed by atoms with Crippen LogP contribution in [0.1, 0.15) is 0 Å². The molecule has 3 rings (SSSR count). The van der Waals surface area contributed by atoms with Crippen LogP contribution in [0, 0.1) is 0 Å². The van der Waals surface area contributed by atoms with Crippen molar-refractivity contribution in [3.8, 4) is 0 Å². The molecule has 0 saturated carbocycles. The van der Waals surface area contributed by atoms with E-state index in [0.717, 1.165) is 10.6 Å². The van der Waals surface area contributed by atoms with Gasteiger partial charge in [-0.3, -0.25) is 0 Å². The summed E-state index contributed by atoms with van der Waals surface area (Å²) >= 11 is 4.00. The van der Waals surface area contributed by atoms with E-state index in [2.05, 4.69) is 20.9 Å². The maximum absolute atomic E-state index is 12.6. The third kappa shape index (κ3) is 3.86. The maximum atomic E-state index is 12.6. The van der Waals surface area contributed by atoms with Gasteiger partial charge in [-0.15, -0.1) is 0 Å². The fourth-order valence-corrected chi connectivity index (χ4v) is 11.3. The predicted octanol–water partition coefficient (Wildman–Crippen LogP) is 2.06. The van der Waals surface area contributed by atoms with Crippen molar-refractivity contribution < 1.29 is 17.8 Å². The minimum atomic E-state index is -4.44. The molecule has 0 bridgehead atoms. The van der Waals surface area contributed by atoms with Crippen LogP contribution in [0.5, 0.6) is 0 Å². The number of benzene rings is 3. The molecule has 29 heavy (non-hydrogen) atoms. The van der Waals surface area contributed by atoms with Crippen LogP contribution in [-0.4, -0.2) is 25.0 Å². The van der Waals surface area contributed by atoms with Gasteiger partial charge < -0.3 is 0 Å². The van der Waals surface area contributed by atoms with Crippen molar-refractivity contribution in [3.05, 3.63) is 84.9 Å². The van der Waals surface area contributed by atoms with E-state index < -0.39 is 21.3 Å². The van der Waals surface area contributed by atoms with Gasteiger partial charge in [-0.2, -0.15) is 0 Å². The summed E-state index contributed by atoms with van der Waals surface area (Å²) in [6.07, 6.45) is -0.0367. The molecule has 1 amide bonds. The SMILES string of the molecule is NNC(=O)CP(Br)(c1ccccc1)(c1ccccc1)c1cccc(S(=O)(=O)O)c1. The molecule has 0 aliphatic heterocycles. The van der Waals surface area contributed by atoms with Gasteiger partial charge in [0, 0.05) is 0 Å². The van der Waals surface area contributed by atoms with Gasteiger partial charge in [0.1, 0.15) is 0 Å². The molecular formula is C20H20BrN2O4PS. The Bertz CT molecular complexity index is 1100. The number of carbonyl (C=O) groups is 1. The Morgan fingerprint density at radius 3 is 1.83 bits per heavy atom. The summed E-state index contributed by atoms with van der Waals surface area (Å²) in [4.78, 5) is 12.4. The monoisotopic (exact) mass is 494 g/mol. The van der Waals surface area contributed by atoms with E-state index in [1.807, 2.05) is 60.7 Å². The van der Waals surface area contributed by atoms with E-state index in [-0.39, 0.29) is 11.1 Å². The number of halogens is 1. The fourth-order valence-electron chi connectivity index (χ4n) is 3.45. The molecule has 0 atom stereocenters. The molecule has 0 aliphatic rings. The summed E-state index contributed by atoms with van der Waals surface area (Å²) < 4.78 is 33.3. The van der Waals surface area contributed by atoms with Gasteiger partial charge in [0.15, 0.2) is 0 Å². The van der Waals surface area contributed by atoms with Crippen LogP contribution in [0.2, 0.25) is 0 Å². The number of hydrogen-bond acceptors (Lipinski definition) is 4. The summed E-state index contributed by atoms with van der Waals surface area (Å²) in [5.74, 6) is 5.02. The Morgan fingerprint density at radius 1 is 0.897 bits per heavy atom. The Labute approximate surface area is 177 Å². The second kappa shape index (κ2) is 7.97. The van der Waals surface area contributed by atoms with Crippen molar-refractivity contribution in [2.75, 3.05) is 6.16 Å². The van der Waals surface area contributed by atoms with Crippen molar-refractivity contribution in [2.24, 2.45) is 5.84 Å². The first kappa shape index (κ1) is 21.6. The number of rotatable bonds is 6. The second-order valence-electron chi connectivity index (χ2n) is 6.55. The van der Waals surface area contributed by atoms with Crippen molar-refractivity contribution in [3.63, 3.8) is 0 Å². The molecule has 0 radical (unpaired) electrons. The summed E-state index contributed by atoms with van der Waals surface area (Å²) in [6, 6.07) is 24.7. The Hall–Kier alpha value is -2.09. The molecule has 0 aromatic heterocycles. The van der Waals surface area contributed by atoms with Crippen LogP contribution in [0.25, 0.3) is 0 Å². The zero-order valence-corrected chi connectivity index (χ0v) is 18.6. The molecule has 6 nitrogen and oxygen atoms in total. The number of carbonyl (C=O) groups excluding carboxylic acids is 1. The third-order valence-corrected chi connectivity index (χ3v) is 15.1. The van der Waals surface area contributed by atoms with Crippen molar-refractivity contribution in [2.45, 2.75) is 4.90 Å². The van der Waals surface area contributed by atoms with Gasteiger partial charge in [-0.05, 0) is 0 Å². The molecule has 0 unspecified atom stereocenters. The third-order valence-electron chi connectivity index (χ3n) is 4.84. The Balaban J connectivity index is 2.48. The number of hydrogen-bond donors (Lipinski definition) is 3. The Morgan fingerprint density at radius 2 is 1.38 bits per heavy atom. The molecule has 3 aromatic rings. The van der Waals surface area contributed by atoms with Crippen LogP contribution in [-0.2, 0) is 14.9 Å². The fraction of sp³-hybridized carbons (Fsp3) is 0.0500. The van der Waals surface area contributed by atoms with E-state index in [1.165, 1.54) is 12.1 Å².